The first kappa shape index (κ1) is 13.6. The Hall–Kier alpha value is -0.870. The standard InChI is InChI=1S/C14H22O4/c1-2-14(17)18-13-6-9(7-15)10-4-3-5-11(10)12(13)8-16/h3-4,9-13,15-16H,2,5-8H2,1H3. The summed E-state index contributed by atoms with van der Waals surface area (Å²) in [4.78, 5) is 11.4. The fourth-order valence-electron chi connectivity index (χ4n) is 3.40. The lowest BCUT2D eigenvalue weighted by Gasteiger charge is -2.42. The van der Waals surface area contributed by atoms with Gasteiger partial charge in [-0.05, 0) is 30.6 Å². The van der Waals surface area contributed by atoms with Gasteiger partial charge < -0.3 is 14.9 Å². The molecule has 0 amide bonds. The second-order valence-corrected chi connectivity index (χ2v) is 5.31. The minimum absolute atomic E-state index is 0.00306. The molecular weight excluding hydrogens is 232 g/mol. The molecule has 0 saturated heterocycles. The number of ether oxygens (including phenoxy) is 1. The van der Waals surface area contributed by atoms with E-state index in [0.717, 1.165) is 6.42 Å². The largest absolute Gasteiger partial charge is 0.462 e. The molecule has 102 valence electrons. The minimum Gasteiger partial charge on any atom is -0.462 e. The SMILES string of the molecule is CCC(=O)OC1CC(CO)C2C=CCC2C1CO. The van der Waals surface area contributed by atoms with Gasteiger partial charge in [0.15, 0.2) is 0 Å². The first-order chi connectivity index (χ1) is 8.71. The average Bonchev–Trinajstić information content (AvgIpc) is 2.86. The van der Waals surface area contributed by atoms with E-state index in [1.165, 1.54) is 0 Å². The summed E-state index contributed by atoms with van der Waals surface area (Å²) in [7, 11) is 0. The van der Waals surface area contributed by atoms with Crippen molar-refractivity contribution in [3.8, 4) is 0 Å². The fraction of sp³-hybridized carbons (Fsp3) is 0.786. The maximum absolute atomic E-state index is 11.4. The molecular formula is C14H22O4. The molecule has 2 aliphatic carbocycles. The van der Waals surface area contributed by atoms with Crippen molar-refractivity contribution >= 4 is 5.97 Å². The average molecular weight is 254 g/mol. The van der Waals surface area contributed by atoms with E-state index in [9.17, 15) is 15.0 Å². The van der Waals surface area contributed by atoms with Crippen LogP contribution in [0.4, 0.5) is 0 Å². The molecule has 0 heterocycles. The maximum Gasteiger partial charge on any atom is 0.305 e. The lowest BCUT2D eigenvalue weighted by Crippen LogP contribution is -2.45. The van der Waals surface area contributed by atoms with E-state index in [0.29, 0.717) is 24.7 Å². The van der Waals surface area contributed by atoms with Gasteiger partial charge in [-0.2, -0.15) is 0 Å². The third-order valence-corrected chi connectivity index (χ3v) is 4.38. The van der Waals surface area contributed by atoms with Crippen LogP contribution in [-0.2, 0) is 9.53 Å². The van der Waals surface area contributed by atoms with Crippen molar-refractivity contribution < 1.29 is 19.7 Å². The highest BCUT2D eigenvalue weighted by molar-refractivity contribution is 5.69. The highest BCUT2D eigenvalue weighted by Crippen LogP contribution is 2.45. The Bertz CT molecular complexity index is 326. The summed E-state index contributed by atoms with van der Waals surface area (Å²) >= 11 is 0. The molecule has 0 spiro atoms. The monoisotopic (exact) mass is 254 g/mol. The Morgan fingerprint density at radius 2 is 2.17 bits per heavy atom. The van der Waals surface area contributed by atoms with E-state index >= 15 is 0 Å². The summed E-state index contributed by atoms with van der Waals surface area (Å²) in [6.07, 6.45) is 5.92. The molecule has 0 aliphatic heterocycles. The molecule has 0 aromatic heterocycles. The Balaban J connectivity index is 2.11. The summed E-state index contributed by atoms with van der Waals surface area (Å²) in [5.74, 6) is 0.549. The number of fused-ring (bicyclic) bond motifs is 1. The molecule has 5 unspecified atom stereocenters. The summed E-state index contributed by atoms with van der Waals surface area (Å²) in [5, 5.41) is 19.0. The van der Waals surface area contributed by atoms with Crippen molar-refractivity contribution in [1.29, 1.82) is 0 Å². The zero-order valence-electron chi connectivity index (χ0n) is 10.8. The number of rotatable bonds is 4. The van der Waals surface area contributed by atoms with Crippen LogP contribution in [0.3, 0.4) is 0 Å². The van der Waals surface area contributed by atoms with Gasteiger partial charge in [-0.25, -0.2) is 0 Å². The van der Waals surface area contributed by atoms with Gasteiger partial charge in [0.2, 0.25) is 0 Å². The minimum atomic E-state index is -0.249. The van der Waals surface area contributed by atoms with Gasteiger partial charge in [0, 0.05) is 25.6 Å². The Labute approximate surface area is 108 Å². The summed E-state index contributed by atoms with van der Waals surface area (Å²) in [6, 6.07) is 0. The molecule has 18 heavy (non-hydrogen) atoms. The Kier molecular flexibility index (Phi) is 4.40. The van der Waals surface area contributed by atoms with Crippen LogP contribution in [0.2, 0.25) is 0 Å². The lowest BCUT2D eigenvalue weighted by atomic mass is 9.67. The predicted molar refractivity (Wildman–Crippen MR) is 66.7 cm³/mol. The number of aliphatic hydroxyl groups excluding tert-OH is 2. The highest BCUT2D eigenvalue weighted by atomic mass is 16.5. The molecule has 2 N–H and O–H groups in total. The molecule has 0 aromatic carbocycles. The van der Waals surface area contributed by atoms with Crippen molar-refractivity contribution in [3.05, 3.63) is 12.2 Å². The van der Waals surface area contributed by atoms with Crippen LogP contribution in [0.1, 0.15) is 26.2 Å². The maximum atomic E-state index is 11.4. The second kappa shape index (κ2) is 5.85. The van der Waals surface area contributed by atoms with Crippen molar-refractivity contribution in [2.75, 3.05) is 13.2 Å². The zero-order chi connectivity index (χ0) is 13.1. The van der Waals surface area contributed by atoms with Crippen molar-refractivity contribution in [1.82, 2.24) is 0 Å². The molecule has 2 rings (SSSR count). The Morgan fingerprint density at radius 3 is 2.78 bits per heavy atom. The third-order valence-electron chi connectivity index (χ3n) is 4.38. The van der Waals surface area contributed by atoms with E-state index in [1.807, 2.05) is 0 Å². The number of hydrogen-bond donors (Lipinski definition) is 2. The highest BCUT2D eigenvalue weighted by Gasteiger charge is 2.45. The van der Waals surface area contributed by atoms with Crippen molar-refractivity contribution in [3.63, 3.8) is 0 Å². The number of carbonyl (C=O) groups is 1. The van der Waals surface area contributed by atoms with Gasteiger partial charge in [0.05, 0.1) is 0 Å². The quantitative estimate of drug-likeness (QED) is 0.583. The van der Waals surface area contributed by atoms with Gasteiger partial charge in [-0.15, -0.1) is 0 Å². The van der Waals surface area contributed by atoms with Gasteiger partial charge >= 0.3 is 5.97 Å². The van der Waals surface area contributed by atoms with Crippen LogP contribution in [0.25, 0.3) is 0 Å². The van der Waals surface area contributed by atoms with Crippen LogP contribution >= 0.6 is 0 Å². The molecule has 5 atom stereocenters. The van der Waals surface area contributed by atoms with Crippen LogP contribution < -0.4 is 0 Å². The molecule has 4 heteroatoms. The summed E-state index contributed by atoms with van der Waals surface area (Å²) in [5.41, 5.74) is 0. The van der Waals surface area contributed by atoms with Crippen molar-refractivity contribution in [2.45, 2.75) is 32.3 Å². The van der Waals surface area contributed by atoms with Gasteiger partial charge in [0.25, 0.3) is 0 Å². The van der Waals surface area contributed by atoms with E-state index in [-0.39, 0.29) is 37.1 Å². The number of esters is 1. The fourth-order valence-corrected chi connectivity index (χ4v) is 3.40. The Morgan fingerprint density at radius 1 is 1.39 bits per heavy atom. The van der Waals surface area contributed by atoms with Crippen LogP contribution in [0, 0.1) is 23.7 Å². The van der Waals surface area contributed by atoms with E-state index in [2.05, 4.69) is 12.2 Å². The smallest absolute Gasteiger partial charge is 0.305 e. The molecule has 0 radical (unpaired) electrons. The van der Waals surface area contributed by atoms with E-state index in [4.69, 9.17) is 4.74 Å². The number of carbonyl (C=O) groups excluding carboxylic acids is 1. The lowest BCUT2D eigenvalue weighted by molar-refractivity contribution is -0.160. The van der Waals surface area contributed by atoms with E-state index in [1.54, 1.807) is 6.92 Å². The van der Waals surface area contributed by atoms with Gasteiger partial charge in [0.1, 0.15) is 6.10 Å². The second-order valence-electron chi connectivity index (χ2n) is 5.31. The first-order valence-corrected chi connectivity index (χ1v) is 6.79. The molecule has 4 nitrogen and oxygen atoms in total. The topological polar surface area (TPSA) is 66.8 Å². The van der Waals surface area contributed by atoms with Gasteiger partial charge in [-0.3, -0.25) is 4.79 Å². The normalized spacial score (nSPS) is 38.5. The number of hydrogen-bond acceptors (Lipinski definition) is 4. The molecule has 0 bridgehead atoms. The number of allylic oxidation sites excluding steroid dienone is 2. The molecule has 1 saturated carbocycles. The molecule has 2 aliphatic rings. The first-order valence-electron chi connectivity index (χ1n) is 6.79. The van der Waals surface area contributed by atoms with Gasteiger partial charge in [-0.1, -0.05) is 19.1 Å². The third kappa shape index (κ3) is 2.45. The molecule has 0 aromatic rings. The van der Waals surface area contributed by atoms with Crippen LogP contribution in [-0.4, -0.2) is 35.5 Å². The molecule has 1 fully saturated rings. The zero-order valence-corrected chi connectivity index (χ0v) is 10.8. The summed E-state index contributed by atoms with van der Waals surface area (Å²) in [6.45, 7) is 1.93. The number of aliphatic hydroxyl groups is 2. The van der Waals surface area contributed by atoms with E-state index < -0.39 is 0 Å². The predicted octanol–water partition coefficient (Wildman–Crippen LogP) is 1.12. The van der Waals surface area contributed by atoms with Crippen LogP contribution in [0.5, 0.6) is 0 Å². The van der Waals surface area contributed by atoms with Crippen LogP contribution in [0.15, 0.2) is 12.2 Å². The summed E-state index contributed by atoms with van der Waals surface area (Å²) < 4.78 is 5.45. The van der Waals surface area contributed by atoms with Crippen molar-refractivity contribution in [2.24, 2.45) is 23.7 Å².